The van der Waals surface area contributed by atoms with Crippen LogP contribution in [0.2, 0.25) is 0 Å². The van der Waals surface area contributed by atoms with Crippen LogP contribution in [0, 0.1) is 6.92 Å². The molecule has 27 heavy (non-hydrogen) atoms. The van der Waals surface area contributed by atoms with Gasteiger partial charge in [0.15, 0.2) is 17.5 Å². The normalized spacial score (nSPS) is 13.2. The van der Waals surface area contributed by atoms with Gasteiger partial charge in [-0.1, -0.05) is 17.7 Å². The maximum absolute atomic E-state index is 5.71. The number of ether oxygens (including phenoxy) is 3. The van der Waals surface area contributed by atoms with Crippen molar-refractivity contribution in [3.63, 3.8) is 0 Å². The standard InChI is InChI=1S/C20H25N3O3.HI/c1-15-4-7-17(8-5-15)24-13-10-22-20(21-2)23-16-6-9-18-19(14-16)26-12-3-11-25-18;/h4-9,14H,3,10-13H2,1-2H3,(H2,21,22,23);1H. The van der Waals surface area contributed by atoms with Gasteiger partial charge in [0.05, 0.1) is 19.8 Å². The van der Waals surface area contributed by atoms with Gasteiger partial charge in [0.2, 0.25) is 0 Å². The van der Waals surface area contributed by atoms with Crippen LogP contribution in [-0.2, 0) is 0 Å². The van der Waals surface area contributed by atoms with E-state index < -0.39 is 0 Å². The van der Waals surface area contributed by atoms with Crippen LogP contribution in [0.4, 0.5) is 5.69 Å². The van der Waals surface area contributed by atoms with E-state index in [0.717, 1.165) is 29.4 Å². The Labute approximate surface area is 177 Å². The molecule has 2 aromatic rings. The lowest BCUT2D eigenvalue weighted by atomic mass is 10.2. The number of aliphatic imine (C=N–C) groups is 1. The van der Waals surface area contributed by atoms with Crippen molar-refractivity contribution < 1.29 is 14.2 Å². The number of hydrogen-bond donors (Lipinski definition) is 2. The zero-order chi connectivity index (χ0) is 18.2. The number of anilines is 1. The molecule has 0 aliphatic carbocycles. The molecule has 1 heterocycles. The van der Waals surface area contributed by atoms with E-state index in [1.54, 1.807) is 7.05 Å². The molecular weight excluding hydrogens is 457 g/mol. The van der Waals surface area contributed by atoms with Crippen molar-refractivity contribution in [2.45, 2.75) is 13.3 Å². The third-order valence-corrected chi connectivity index (χ3v) is 3.92. The lowest BCUT2D eigenvalue weighted by Gasteiger charge is -2.14. The van der Waals surface area contributed by atoms with E-state index in [1.165, 1.54) is 5.56 Å². The third kappa shape index (κ3) is 6.50. The summed E-state index contributed by atoms with van der Waals surface area (Å²) in [5.41, 5.74) is 2.11. The second-order valence-electron chi connectivity index (χ2n) is 6.00. The molecule has 0 saturated heterocycles. The zero-order valence-corrected chi connectivity index (χ0v) is 18.0. The van der Waals surface area contributed by atoms with Gasteiger partial charge in [-0.05, 0) is 31.2 Å². The highest BCUT2D eigenvalue weighted by atomic mass is 127. The number of guanidine groups is 1. The number of halogens is 1. The summed E-state index contributed by atoms with van der Waals surface area (Å²) in [5.74, 6) is 3.07. The molecule has 0 aromatic heterocycles. The van der Waals surface area contributed by atoms with Gasteiger partial charge in [-0.15, -0.1) is 24.0 Å². The predicted molar refractivity (Wildman–Crippen MR) is 119 cm³/mol. The fourth-order valence-corrected chi connectivity index (χ4v) is 2.53. The van der Waals surface area contributed by atoms with Gasteiger partial charge < -0.3 is 24.8 Å². The Hall–Kier alpha value is -2.16. The van der Waals surface area contributed by atoms with Crippen LogP contribution in [0.15, 0.2) is 47.5 Å². The van der Waals surface area contributed by atoms with Crippen molar-refractivity contribution in [2.75, 3.05) is 38.7 Å². The minimum atomic E-state index is 0. The largest absolute Gasteiger partial charge is 0.492 e. The molecule has 0 bridgehead atoms. The van der Waals surface area contributed by atoms with E-state index in [4.69, 9.17) is 14.2 Å². The molecule has 6 nitrogen and oxygen atoms in total. The fourth-order valence-electron chi connectivity index (χ4n) is 2.53. The smallest absolute Gasteiger partial charge is 0.195 e. The Balaban J connectivity index is 0.00000261. The molecule has 0 atom stereocenters. The van der Waals surface area contributed by atoms with Crippen LogP contribution in [-0.4, -0.2) is 39.4 Å². The molecule has 146 valence electrons. The lowest BCUT2D eigenvalue weighted by Crippen LogP contribution is -2.33. The van der Waals surface area contributed by atoms with Gasteiger partial charge in [0.1, 0.15) is 12.4 Å². The lowest BCUT2D eigenvalue weighted by molar-refractivity contribution is 0.297. The first-order chi connectivity index (χ1) is 12.7. The van der Waals surface area contributed by atoms with Gasteiger partial charge in [0, 0.05) is 25.2 Å². The first kappa shape index (κ1) is 21.1. The molecule has 2 N–H and O–H groups in total. The quantitative estimate of drug-likeness (QED) is 0.293. The SMILES string of the molecule is CN=C(NCCOc1ccc(C)cc1)Nc1ccc2c(c1)OCCCO2.I. The topological polar surface area (TPSA) is 64.1 Å². The summed E-state index contributed by atoms with van der Waals surface area (Å²) in [6, 6.07) is 13.8. The van der Waals surface area contributed by atoms with Gasteiger partial charge >= 0.3 is 0 Å². The summed E-state index contributed by atoms with van der Waals surface area (Å²) in [6.45, 7) is 4.59. The van der Waals surface area contributed by atoms with Crippen molar-refractivity contribution in [3.8, 4) is 17.2 Å². The molecule has 0 saturated carbocycles. The van der Waals surface area contributed by atoms with Gasteiger partial charge in [-0.25, -0.2) is 0 Å². The Morgan fingerprint density at radius 1 is 1.07 bits per heavy atom. The Morgan fingerprint density at radius 3 is 2.56 bits per heavy atom. The number of nitrogens with zero attached hydrogens (tertiary/aromatic N) is 1. The molecule has 0 amide bonds. The predicted octanol–water partition coefficient (Wildman–Crippen LogP) is 3.84. The number of nitrogens with one attached hydrogen (secondary N) is 2. The maximum atomic E-state index is 5.71. The van der Waals surface area contributed by atoms with Gasteiger partial charge in [-0.2, -0.15) is 0 Å². The third-order valence-electron chi connectivity index (χ3n) is 3.92. The summed E-state index contributed by atoms with van der Waals surface area (Å²) < 4.78 is 17.1. The molecule has 1 aliphatic rings. The monoisotopic (exact) mass is 483 g/mol. The second-order valence-corrected chi connectivity index (χ2v) is 6.00. The zero-order valence-electron chi connectivity index (χ0n) is 15.7. The number of hydrogen-bond acceptors (Lipinski definition) is 4. The van der Waals surface area contributed by atoms with Crippen molar-refractivity contribution in [1.82, 2.24) is 5.32 Å². The highest BCUT2D eigenvalue weighted by molar-refractivity contribution is 14.0. The summed E-state index contributed by atoms with van der Waals surface area (Å²) in [5, 5.41) is 6.49. The molecule has 2 aromatic carbocycles. The Bertz CT molecular complexity index is 751. The molecule has 0 fully saturated rings. The van der Waals surface area contributed by atoms with Crippen LogP contribution in [0.1, 0.15) is 12.0 Å². The highest BCUT2D eigenvalue weighted by Crippen LogP contribution is 2.32. The van der Waals surface area contributed by atoms with Crippen LogP contribution < -0.4 is 24.8 Å². The second kappa shape index (κ2) is 10.9. The van der Waals surface area contributed by atoms with Crippen LogP contribution in [0.5, 0.6) is 17.2 Å². The van der Waals surface area contributed by atoms with E-state index in [9.17, 15) is 0 Å². The Kier molecular flexibility index (Phi) is 8.50. The molecule has 0 spiro atoms. The van der Waals surface area contributed by atoms with E-state index >= 15 is 0 Å². The Morgan fingerprint density at radius 2 is 1.81 bits per heavy atom. The van der Waals surface area contributed by atoms with Crippen molar-refractivity contribution in [1.29, 1.82) is 0 Å². The maximum Gasteiger partial charge on any atom is 0.195 e. The highest BCUT2D eigenvalue weighted by Gasteiger charge is 2.11. The number of aryl methyl sites for hydroxylation is 1. The molecule has 3 rings (SSSR count). The summed E-state index contributed by atoms with van der Waals surface area (Å²) in [7, 11) is 1.74. The first-order valence-corrected chi connectivity index (χ1v) is 8.81. The minimum Gasteiger partial charge on any atom is -0.492 e. The van der Waals surface area contributed by atoms with Crippen molar-refractivity contribution >= 4 is 35.6 Å². The van der Waals surface area contributed by atoms with E-state index in [2.05, 4.69) is 22.5 Å². The number of benzene rings is 2. The molecular formula is C20H26IN3O3. The summed E-state index contributed by atoms with van der Waals surface area (Å²) >= 11 is 0. The molecule has 7 heteroatoms. The van der Waals surface area contributed by atoms with E-state index in [-0.39, 0.29) is 24.0 Å². The van der Waals surface area contributed by atoms with Crippen LogP contribution >= 0.6 is 24.0 Å². The molecule has 0 unspecified atom stereocenters. The van der Waals surface area contributed by atoms with Gasteiger partial charge in [0.25, 0.3) is 0 Å². The fraction of sp³-hybridized carbons (Fsp3) is 0.350. The molecule has 1 aliphatic heterocycles. The van der Waals surface area contributed by atoms with Crippen molar-refractivity contribution in [3.05, 3.63) is 48.0 Å². The summed E-state index contributed by atoms with van der Waals surface area (Å²) in [6.07, 6.45) is 0.891. The van der Waals surface area contributed by atoms with Crippen molar-refractivity contribution in [2.24, 2.45) is 4.99 Å². The summed E-state index contributed by atoms with van der Waals surface area (Å²) in [4.78, 5) is 4.24. The number of rotatable bonds is 5. The van der Waals surface area contributed by atoms with Gasteiger partial charge in [-0.3, -0.25) is 4.99 Å². The first-order valence-electron chi connectivity index (χ1n) is 8.81. The average molecular weight is 483 g/mol. The van der Waals surface area contributed by atoms with E-state index in [0.29, 0.717) is 32.3 Å². The number of fused-ring (bicyclic) bond motifs is 1. The van der Waals surface area contributed by atoms with Crippen LogP contribution in [0.3, 0.4) is 0 Å². The molecule has 0 radical (unpaired) electrons. The van der Waals surface area contributed by atoms with E-state index in [1.807, 2.05) is 42.5 Å². The van der Waals surface area contributed by atoms with Crippen LogP contribution in [0.25, 0.3) is 0 Å². The minimum absolute atomic E-state index is 0. The average Bonchev–Trinajstić information content (AvgIpc) is 2.90.